The molecule has 0 radical (unpaired) electrons. The van der Waals surface area contributed by atoms with Crippen molar-refractivity contribution >= 4 is 26.8 Å². The van der Waals surface area contributed by atoms with Crippen LogP contribution < -0.4 is 5.32 Å². The molecule has 0 bridgehead atoms. The van der Waals surface area contributed by atoms with Crippen LogP contribution in [0.15, 0.2) is 22.8 Å². The van der Waals surface area contributed by atoms with E-state index in [0.29, 0.717) is 6.04 Å². The van der Waals surface area contributed by atoms with Gasteiger partial charge in [0.15, 0.2) is 0 Å². The summed E-state index contributed by atoms with van der Waals surface area (Å²) in [4.78, 5) is 0. The van der Waals surface area contributed by atoms with Crippen LogP contribution in [0.1, 0.15) is 24.4 Å². The molecule has 1 aliphatic heterocycles. The third kappa shape index (κ3) is 1.58. The Kier molecular flexibility index (Phi) is 2.25. The van der Waals surface area contributed by atoms with Gasteiger partial charge in [0.2, 0.25) is 0 Å². The number of hydrogen-bond acceptors (Lipinski definition) is 2. The van der Waals surface area contributed by atoms with Crippen molar-refractivity contribution < 1.29 is 0 Å². The fourth-order valence-corrected chi connectivity index (χ4v) is 2.59. The summed E-state index contributed by atoms with van der Waals surface area (Å²) in [6.45, 7) is 1.13. The minimum absolute atomic E-state index is 0.524. The zero-order valence-electron chi connectivity index (χ0n) is 8.26. The minimum Gasteiger partial charge on any atom is -0.310 e. The largest absolute Gasteiger partial charge is 0.310 e. The van der Waals surface area contributed by atoms with Crippen molar-refractivity contribution in [3.05, 3.63) is 28.4 Å². The highest BCUT2D eigenvalue weighted by Gasteiger charge is 2.16. The van der Waals surface area contributed by atoms with E-state index in [4.69, 9.17) is 0 Å². The standard InChI is InChI=1S/C11H12BrN3/c12-11-8-6-7(9-2-1-5-13-9)3-4-10(8)14-15-11/h3-4,6,9,13H,1-2,5H2,(H,14,15). The Bertz CT molecular complexity index is 486. The SMILES string of the molecule is Brc1[nH]nc2ccc(C3CCCN3)cc12. The Morgan fingerprint density at radius 3 is 3.13 bits per heavy atom. The van der Waals surface area contributed by atoms with E-state index in [2.05, 4.69) is 49.6 Å². The second kappa shape index (κ2) is 3.61. The molecule has 0 amide bonds. The summed E-state index contributed by atoms with van der Waals surface area (Å²) in [6, 6.07) is 6.98. The van der Waals surface area contributed by atoms with Crippen LogP contribution in [0.2, 0.25) is 0 Å². The predicted octanol–water partition coefficient (Wildman–Crippen LogP) is 2.75. The van der Waals surface area contributed by atoms with Gasteiger partial charge in [-0.1, -0.05) is 6.07 Å². The molecule has 0 aliphatic carbocycles. The van der Waals surface area contributed by atoms with E-state index in [-0.39, 0.29) is 0 Å². The highest BCUT2D eigenvalue weighted by molar-refractivity contribution is 9.10. The predicted molar refractivity (Wildman–Crippen MR) is 63.8 cm³/mol. The number of nitrogens with one attached hydrogen (secondary N) is 2. The molecule has 3 rings (SSSR count). The summed E-state index contributed by atoms with van der Waals surface area (Å²) < 4.78 is 0.970. The molecule has 1 unspecified atom stereocenters. The Labute approximate surface area is 96.4 Å². The third-order valence-electron chi connectivity index (χ3n) is 2.99. The van der Waals surface area contributed by atoms with Crippen molar-refractivity contribution in [1.82, 2.24) is 15.5 Å². The number of H-pyrrole nitrogens is 1. The first-order valence-corrected chi connectivity index (χ1v) is 6.01. The monoisotopic (exact) mass is 265 g/mol. The topological polar surface area (TPSA) is 40.7 Å². The van der Waals surface area contributed by atoms with Crippen LogP contribution in [0, 0.1) is 0 Å². The van der Waals surface area contributed by atoms with Crippen LogP contribution in [-0.2, 0) is 0 Å². The summed E-state index contributed by atoms with van der Waals surface area (Å²) in [5.41, 5.74) is 2.38. The number of hydrogen-bond donors (Lipinski definition) is 2. The normalized spacial score (nSPS) is 21.3. The van der Waals surface area contributed by atoms with Gasteiger partial charge in [0.1, 0.15) is 4.60 Å². The molecule has 0 spiro atoms. The maximum atomic E-state index is 4.19. The highest BCUT2D eigenvalue weighted by atomic mass is 79.9. The van der Waals surface area contributed by atoms with Crippen LogP contribution in [0.3, 0.4) is 0 Å². The molecular weight excluding hydrogens is 254 g/mol. The zero-order chi connectivity index (χ0) is 10.3. The lowest BCUT2D eigenvalue weighted by molar-refractivity contribution is 0.648. The summed E-state index contributed by atoms with van der Waals surface area (Å²) >= 11 is 3.47. The van der Waals surface area contributed by atoms with Crippen molar-refractivity contribution in [2.24, 2.45) is 0 Å². The minimum atomic E-state index is 0.524. The molecule has 15 heavy (non-hydrogen) atoms. The molecule has 1 aliphatic rings. The van der Waals surface area contributed by atoms with Gasteiger partial charge in [-0.25, -0.2) is 0 Å². The second-order valence-electron chi connectivity index (χ2n) is 3.96. The van der Waals surface area contributed by atoms with Crippen LogP contribution in [-0.4, -0.2) is 16.7 Å². The van der Waals surface area contributed by atoms with Gasteiger partial charge in [-0.3, -0.25) is 5.10 Å². The Hall–Kier alpha value is -0.870. The van der Waals surface area contributed by atoms with Crippen molar-refractivity contribution in [3.8, 4) is 0 Å². The van der Waals surface area contributed by atoms with Crippen LogP contribution in [0.5, 0.6) is 0 Å². The molecule has 78 valence electrons. The molecule has 1 aromatic carbocycles. The molecule has 3 nitrogen and oxygen atoms in total. The summed E-state index contributed by atoms with van der Waals surface area (Å²) in [7, 11) is 0. The zero-order valence-corrected chi connectivity index (χ0v) is 9.84. The molecule has 1 fully saturated rings. The van der Waals surface area contributed by atoms with Crippen molar-refractivity contribution in [3.63, 3.8) is 0 Å². The maximum Gasteiger partial charge on any atom is 0.108 e. The van der Waals surface area contributed by atoms with E-state index in [9.17, 15) is 0 Å². The fourth-order valence-electron chi connectivity index (χ4n) is 2.18. The summed E-state index contributed by atoms with van der Waals surface area (Å²) in [5.74, 6) is 0. The fraction of sp³-hybridized carbons (Fsp3) is 0.364. The molecule has 2 aromatic rings. The van der Waals surface area contributed by atoms with E-state index >= 15 is 0 Å². The lowest BCUT2D eigenvalue weighted by atomic mass is 10.0. The first-order valence-electron chi connectivity index (χ1n) is 5.21. The molecule has 1 aromatic heterocycles. The lowest BCUT2D eigenvalue weighted by Crippen LogP contribution is -2.12. The van der Waals surface area contributed by atoms with E-state index in [1.807, 2.05) is 0 Å². The smallest absolute Gasteiger partial charge is 0.108 e. The lowest BCUT2D eigenvalue weighted by Gasteiger charge is -2.09. The van der Waals surface area contributed by atoms with Crippen LogP contribution in [0.4, 0.5) is 0 Å². The Morgan fingerprint density at radius 2 is 2.33 bits per heavy atom. The van der Waals surface area contributed by atoms with E-state index < -0.39 is 0 Å². The first-order chi connectivity index (χ1) is 7.34. The van der Waals surface area contributed by atoms with Gasteiger partial charge in [0.05, 0.1) is 5.52 Å². The quantitative estimate of drug-likeness (QED) is 0.833. The third-order valence-corrected chi connectivity index (χ3v) is 3.60. The van der Waals surface area contributed by atoms with Crippen molar-refractivity contribution in [1.29, 1.82) is 0 Å². The van der Waals surface area contributed by atoms with Gasteiger partial charge in [-0.15, -0.1) is 0 Å². The van der Waals surface area contributed by atoms with Gasteiger partial charge in [-0.2, -0.15) is 5.10 Å². The molecule has 2 heterocycles. The van der Waals surface area contributed by atoms with Gasteiger partial charge in [0, 0.05) is 11.4 Å². The number of fused-ring (bicyclic) bond motifs is 1. The summed E-state index contributed by atoms with van der Waals surface area (Å²) in [6.07, 6.45) is 2.51. The van der Waals surface area contributed by atoms with Gasteiger partial charge in [-0.05, 0) is 53.0 Å². The first kappa shape index (κ1) is 9.36. The molecule has 0 saturated carbocycles. The molecule has 1 atom stereocenters. The van der Waals surface area contributed by atoms with Crippen molar-refractivity contribution in [2.45, 2.75) is 18.9 Å². The van der Waals surface area contributed by atoms with Gasteiger partial charge >= 0.3 is 0 Å². The highest BCUT2D eigenvalue weighted by Crippen LogP contribution is 2.28. The number of benzene rings is 1. The number of rotatable bonds is 1. The van der Waals surface area contributed by atoms with Gasteiger partial charge in [0.25, 0.3) is 0 Å². The number of nitrogens with zero attached hydrogens (tertiary/aromatic N) is 1. The molecular formula is C11H12BrN3. The molecule has 1 saturated heterocycles. The average molecular weight is 266 g/mol. The Balaban J connectivity index is 2.08. The van der Waals surface area contributed by atoms with Crippen LogP contribution >= 0.6 is 15.9 Å². The average Bonchev–Trinajstić information content (AvgIpc) is 2.88. The maximum absolute atomic E-state index is 4.19. The van der Waals surface area contributed by atoms with E-state index in [0.717, 1.165) is 16.7 Å². The molecule has 4 heteroatoms. The van der Waals surface area contributed by atoms with Crippen molar-refractivity contribution in [2.75, 3.05) is 6.54 Å². The summed E-state index contributed by atoms with van der Waals surface area (Å²) in [5, 5.41) is 11.8. The number of halogens is 1. The Morgan fingerprint density at radius 1 is 1.40 bits per heavy atom. The number of aromatic nitrogens is 2. The van der Waals surface area contributed by atoms with Gasteiger partial charge < -0.3 is 5.32 Å². The van der Waals surface area contributed by atoms with Crippen LogP contribution in [0.25, 0.3) is 10.9 Å². The molecule has 2 N–H and O–H groups in total. The second-order valence-corrected chi connectivity index (χ2v) is 4.76. The number of aromatic amines is 1. The van der Waals surface area contributed by atoms with E-state index in [1.54, 1.807) is 0 Å². The van der Waals surface area contributed by atoms with E-state index in [1.165, 1.54) is 23.8 Å².